The lowest BCUT2D eigenvalue weighted by Crippen LogP contribution is -2.22. The van der Waals surface area contributed by atoms with Crippen LogP contribution in [0.5, 0.6) is 0 Å². The summed E-state index contributed by atoms with van der Waals surface area (Å²) in [6.45, 7) is 0.512. The van der Waals surface area contributed by atoms with Gasteiger partial charge in [-0.25, -0.2) is 0 Å². The summed E-state index contributed by atoms with van der Waals surface area (Å²) < 4.78 is 5.68. The Morgan fingerprint density at radius 2 is 1.79 bits per heavy atom. The summed E-state index contributed by atoms with van der Waals surface area (Å²) in [4.78, 5) is 0. The average molecular weight is 344 g/mol. The molecule has 1 aromatic heterocycles. The number of aromatic nitrogens is 2. The van der Waals surface area contributed by atoms with Gasteiger partial charge >= 0.3 is 0 Å². The van der Waals surface area contributed by atoms with E-state index in [1.165, 1.54) is 0 Å². The third-order valence-corrected chi connectivity index (χ3v) is 4.02. The number of nitrogens with one attached hydrogen (secondary N) is 1. The normalized spacial score (nSPS) is 12.2. The van der Waals surface area contributed by atoms with Crippen LogP contribution in [0.1, 0.15) is 23.9 Å². The average Bonchev–Trinajstić information content (AvgIpc) is 3.08. The van der Waals surface area contributed by atoms with Crippen LogP contribution in [-0.4, -0.2) is 21.9 Å². The van der Waals surface area contributed by atoms with Crippen molar-refractivity contribution in [3.05, 3.63) is 71.1 Å². The molecule has 0 spiro atoms. The predicted octanol–water partition coefficient (Wildman–Crippen LogP) is 3.60. The number of aliphatic hydroxyl groups excluding tert-OH is 1. The first-order valence-corrected chi connectivity index (χ1v) is 8.12. The van der Waals surface area contributed by atoms with Gasteiger partial charge in [-0.1, -0.05) is 54.1 Å². The smallest absolute Gasteiger partial charge is 0.249 e. The van der Waals surface area contributed by atoms with Crippen LogP contribution in [0.15, 0.2) is 59.0 Å². The van der Waals surface area contributed by atoms with Crippen molar-refractivity contribution < 1.29 is 9.52 Å². The van der Waals surface area contributed by atoms with Crippen molar-refractivity contribution in [3.63, 3.8) is 0 Å². The molecule has 0 aliphatic rings. The third kappa shape index (κ3) is 4.00. The highest BCUT2D eigenvalue weighted by Gasteiger charge is 2.14. The molecule has 0 aliphatic heterocycles. The highest BCUT2D eigenvalue weighted by atomic mass is 35.5. The van der Waals surface area contributed by atoms with Gasteiger partial charge < -0.3 is 14.8 Å². The van der Waals surface area contributed by atoms with Gasteiger partial charge in [0.25, 0.3) is 0 Å². The molecular formula is C18H18ClN3O2. The molecule has 0 aliphatic carbocycles. The lowest BCUT2D eigenvalue weighted by Gasteiger charge is -2.17. The molecule has 0 saturated carbocycles. The Labute approximate surface area is 145 Å². The minimum atomic E-state index is 0.0202. The van der Waals surface area contributed by atoms with Gasteiger partial charge in [0, 0.05) is 12.6 Å². The van der Waals surface area contributed by atoms with Crippen LogP contribution < -0.4 is 5.32 Å². The first-order chi connectivity index (χ1) is 11.8. The minimum Gasteiger partial charge on any atom is -0.419 e. The van der Waals surface area contributed by atoms with Crippen LogP contribution in [0.3, 0.4) is 0 Å². The number of benzene rings is 2. The van der Waals surface area contributed by atoms with E-state index >= 15 is 0 Å². The van der Waals surface area contributed by atoms with Crippen LogP contribution in [0, 0.1) is 0 Å². The Bertz CT molecular complexity index is 777. The predicted molar refractivity (Wildman–Crippen MR) is 92.5 cm³/mol. The Balaban J connectivity index is 1.69. The third-order valence-electron chi connectivity index (χ3n) is 3.69. The molecule has 0 amide bonds. The lowest BCUT2D eigenvalue weighted by molar-refractivity contribution is 0.263. The van der Waals surface area contributed by atoms with E-state index < -0.39 is 0 Å². The van der Waals surface area contributed by atoms with E-state index in [0.717, 1.165) is 5.56 Å². The maximum Gasteiger partial charge on any atom is 0.249 e. The van der Waals surface area contributed by atoms with E-state index in [9.17, 15) is 5.11 Å². The van der Waals surface area contributed by atoms with Crippen molar-refractivity contribution in [2.75, 3.05) is 6.61 Å². The van der Waals surface area contributed by atoms with Crippen LogP contribution in [0.2, 0.25) is 5.02 Å². The fourth-order valence-corrected chi connectivity index (χ4v) is 2.70. The molecule has 2 aromatic carbocycles. The Morgan fingerprint density at radius 1 is 1.04 bits per heavy atom. The number of hydrogen-bond donors (Lipinski definition) is 2. The van der Waals surface area contributed by atoms with Crippen molar-refractivity contribution in [1.29, 1.82) is 0 Å². The second kappa shape index (κ2) is 8.06. The monoisotopic (exact) mass is 343 g/mol. The summed E-state index contributed by atoms with van der Waals surface area (Å²) >= 11 is 6.15. The van der Waals surface area contributed by atoms with E-state index in [-0.39, 0.29) is 12.6 Å². The molecule has 1 heterocycles. The number of aliphatic hydroxyl groups is 1. The molecule has 0 saturated heterocycles. The van der Waals surface area contributed by atoms with E-state index in [1.807, 2.05) is 48.5 Å². The summed E-state index contributed by atoms with van der Waals surface area (Å²) in [5.41, 5.74) is 1.82. The Kier molecular flexibility index (Phi) is 5.59. The van der Waals surface area contributed by atoms with Gasteiger partial charge in [-0.05, 0) is 24.1 Å². The lowest BCUT2D eigenvalue weighted by atomic mass is 10.0. The molecule has 3 rings (SSSR count). The van der Waals surface area contributed by atoms with Gasteiger partial charge in [0.2, 0.25) is 11.8 Å². The molecule has 3 aromatic rings. The SMILES string of the molecule is OCCC(NCc1nnc(-c2ccccc2Cl)o1)c1ccccc1. The highest BCUT2D eigenvalue weighted by molar-refractivity contribution is 6.33. The number of hydrogen-bond acceptors (Lipinski definition) is 5. The van der Waals surface area contributed by atoms with Crippen molar-refractivity contribution in [3.8, 4) is 11.5 Å². The zero-order valence-electron chi connectivity index (χ0n) is 13.0. The van der Waals surface area contributed by atoms with Crippen LogP contribution in [-0.2, 0) is 6.54 Å². The van der Waals surface area contributed by atoms with E-state index in [1.54, 1.807) is 6.07 Å². The minimum absolute atomic E-state index is 0.0202. The summed E-state index contributed by atoms with van der Waals surface area (Å²) in [7, 11) is 0. The summed E-state index contributed by atoms with van der Waals surface area (Å²) in [6.07, 6.45) is 0.607. The van der Waals surface area contributed by atoms with Gasteiger partial charge in [0.05, 0.1) is 17.1 Å². The standard InChI is InChI=1S/C18H18ClN3O2/c19-15-9-5-4-8-14(15)18-22-21-17(24-18)12-20-16(10-11-23)13-6-2-1-3-7-13/h1-9,16,20,23H,10-12H2. The summed E-state index contributed by atoms with van der Waals surface area (Å²) in [5.74, 6) is 0.875. The number of rotatable bonds is 7. The number of nitrogens with zero attached hydrogens (tertiary/aromatic N) is 2. The molecule has 0 fully saturated rings. The first kappa shape index (κ1) is 16.6. The maximum absolute atomic E-state index is 9.27. The van der Waals surface area contributed by atoms with Crippen molar-refractivity contribution in [2.45, 2.75) is 19.0 Å². The Morgan fingerprint density at radius 3 is 2.54 bits per heavy atom. The van der Waals surface area contributed by atoms with Gasteiger partial charge in [0.15, 0.2) is 0 Å². The molecule has 0 bridgehead atoms. The van der Waals surface area contributed by atoms with Gasteiger partial charge in [-0.2, -0.15) is 0 Å². The molecule has 6 heteroatoms. The zero-order valence-corrected chi connectivity index (χ0v) is 13.8. The second-order valence-corrected chi connectivity index (χ2v) is 5.74. The van der Waals surface area contributed by atoms with E-state index in [0.29, 0.717) is 35.3 Å². The first-order valence-electron chi connectivity index (χ1n) is 7.74. The van der Waals surface area contributed by atoms with Crippen molar-refractivity contribution >= 4 is 11.6 Å². The van der Waals surface area contributed by atoms with Gasteiger partial charge in [-0.15, -0.1) is 10.2 Å². The summed E-state index contributed by atoms with van der Waals surface area (Å²) in [5, 5.41) is 21.3. The zero-order chi connectivity index (χ0) is 16.8. The second-order valence-electron chi connectivity index (χ2n) is 5.34. The van der Waals surface area contributed by atoms with Crippen LogP contribution in [0.4, 0.5) is 0 Å². The van der Waals surface area contributed by atoms with Crippen molar-refractivity contribution in [1.82, 2.24) is 15.5 Å². The highest BCUT2D eigenvalue weighted by Crippen LogP contribution is 2.26. The van der Waals surface area contributed by atoms with Crippen molar-refractivity contribution in [2.24, 2.45) is 0 Å². The molecule has 24 heavy (non-hydrogen) atoms. The van der Waals surface area contributed by atoms with E-state index in [2.05, 4.69) is 15.5 Å². The molecule has 2 N–H and O–H groups in total. The van der Waals surface area contributed by atoms with E-state index in [4.69, 9.17) is 16.0 Å². The topological polar surface area (TPSA) is 71.2 Å². The summed E-state index contributed by atoms with van der Waals surface area (Å²) in [6, 6.07) is 17.3. The van der Waals surface area contributed by atoms with Gasteiger partial charge in [0.1, 0.15) is 0 Å². The van der Waals surface area contributed by atoms with Crippen LogP contribution in [0.25, 0.3) is 11.5 Å². The molecular weight excluding hydrogens is 326 g/mol. The largest absolute Gasteiger partial charge is 0.419 e. The van der Waals surface area contributed by atoms with Crippen LogP contribution >= 0.6 is 11.6 Å². The molecule has 1 unspecified atom stereocenters. The molecule has 124 valence electrons. The molecule has 0 radical (unpaired) electrons. The Hall–Kier alpha value is -2.21. The van der Waals surface area contributed by atoms with Gasteiger partial charge in [-0.3, -0.25) is 0 Å². The quantitative estimate of drug-likeness (QED) is 0.685. The fraction of sp³-hybridized carbons (Fsp3) is 0.222. The fourth-order valence-electron chi connectivity index (χ4n) is 2.48. The maximum atomic E-state index is 9.27. The number of halogens is 1. The molecule has 1 atom stereocenters. The molecule has 5 nitrogen and oxygen atoms in total.